The van der Waals surface area contributed by atoms with Crippen LogP contribution in [0.5, 0.6) is 0 Å². The van der Waals surface area contributed by atoms with Crippen molar-refractivity contribution >= 4 is 24.0 Å². The molecule has 17 heavy (non-hydrogen) atoms. The highest BCUT2D eigenvalue weighted by atomic mass is 35.5. The highest BCUT2D eigenvalue weighted by molar-refractivity contribution is 5.90. The Morgan fingerprint density at radius 1 is 1.53 bits per heavy atom. The lowest BCUT2D eigenvalue weighted by molar-refractivity contribution is -0.116. The van der Waals surface area contributed by atoms with E-state index in [1.807, 2.05) is 13.8 Å². The molecule has 0 saturated heterocycles. The third-order valence-corrected chi connectivity index (χ3v) is 2.22. The van der Waals surface area contributed by atoms with Crippen LogP contribution in [0.15, 0.2) is 18.2 Å². The summed E-state index contributed by atoms with van der Waals surface area (Å²) in [6, 6.07) is 4.59. The van der Waals surface area contributed by atoms with Crippen LogP contribution in [0.25, 0.3) is 0 Å². The van der Waals surface area contributed by atoms with Crippen molar-refractivity contribution in [1.82, 2.24) is 0 Å². The number of halogens is 2. The van der Waals surface area contributed by atoms with E-state index in [2.05, 4.69) is 5.32 Å². The van der Waals surface area contributed by atoms with E-state index in [4.69, 9.17) is 5.73 Å². The lowest BCUT2D eigenvalue weighted by Gasteiger charge is -2.08. The number of hydrogen-bond donors (Lipinski definition) is 2. The monoisotopic (exact) mass is 260 g/mol. The first-order valence-corrected chi connectivity index (χ1v) is 5.30. The van der Waals surface area contributed by atoms with Gasteiger partial charge in [-0.05, 0) is 38.0 Å². The van der Waals surface area contributed by atoms with Crippen LogP contribution in [-0.4, -0.2) is 11.9 Å². The van der Waals surface area contributed by atoms with Crippen molar-refractivity contribution in [2.45, 2.75) is 32.7 Å². The molecular weight excluding hydrogens is 243 g/mol. The zero-order valence-electron chi connectivity index (χ0n) is 10.00. The summed E-state index contributed by atoms with van der Waals surface area (Å²) < 4.78 is 13.3. The molecule has 0 spiro atoms. The molecule has 0 heterocycles. The molecule has 0 saturated carbocycles. The zero-order valence-corrected chi connectivity index (χ0v) is 10.8. The predicted octanol–water partition coefficient (Wildman–Crippen LogP) is 2.62. The van der Waals surface area contributed by atoms with Crippen LogP contribution in [0.3, 0.4) is 0 Å². The van der Waals surface area contributed by atoms with E-state index in [9.17, 15) is 9.18 Å². The lowest BCUT2D eigenvalue weighted by atomic mass is 10.1. The van der Waals surface area contributed by atoms with Crippen LogP contribution in [0.4, 0.5) is 10.1 Å². The Labute approximate surface area is 107 Å². The number of amides is 1. The average Bonchev–Trinajstić information content (AvgIpc) is 2.20. The first kappa shape index (κ1) is 15.9. The van der Waals surface area contributed by atoms with Crippen molar-refractivity contribution in [3.8, 4) is 0 Å². The van der Waals surface area contributed by atoms with Gasteiger partial charge in [0, 0.05) is 12.5 Å². The van der Waals surface area contributed by atoms with Crippen molar-refractivity contribution in [3.63, 3.8) is 0 Å². The normalized spacial score (nSPS) is 11.5. The smallest absolute Gasteiger partial charge is 0.224 e. The SMILES string of the molecule is Cc1ccc(F)c(NC(=O)CCC(C)N)c1.Cl. The van der Waals surface area contributed by atoms with E-state index in [1.165, 1.54) is 6.07 Å². The third kappa shape index (κ3) is 5.65. The maximum Gasteiger partial charge on any atom is 0.224 e. The van der Waals surface area contributed by atoms with Gasteiger partial charge in [-0.3, -0.25) is 4.79 Å². The number of carbonyl (C=O) groups excluding carboxylic acids is 1. The van der Waals surface area contributed by atoms with Gasteiger partial charge >= 0.3 is 0 Å². The van der Waals surface area contributed by atoms with Gasteiger partial charge in [-0.2, -0.15) is 0 Å². The molecule has 0 aliphatic heterocycles. The van der Waals surface area contributed by atoms with Gasteiger partial charge in [-0.25, -0.2) is 4.39 Å². The van der Waals surface area contributed by atoms with Crippen molar-refractivity contribution in [2.24, 2.45) is 5.73 Å². The summed E-state index contributed by atoms with van der Waals surface area (Å²) in [5.41, 5.74) is 6.67. The molecule has 0 radical (unpaired) electrons. The van der Waals surface area contributed by atoms with Gasteiger partial charge in [0.1, 0.15) is 5.82 Å². The van der Waals surface area contributed by atoms with Gasteiger partial charge < -0.3 is 11.1 Å². The largest absolute Gasteiger partial charge is 0.328 e. The second-order valence-electron chi connectivity index (χ2n) is 4.05. The van der Waals surface area contributed by atoms with Crippen molar-refractivity contribution in [1.29, 1.82) is 0 Å². The molecule has 0 aliphatic carbocycles. The number of benzene rings is 1. The van der Waals surface area contributed by atoms with Gasteiger partial charge in [-0.15, -0.1) is 12.4 Å². The summed E-state index contributed by atoms with van der Waals surface area (Å²) in [4.78, 5) is 11.4. The van der Waals surface area contributed by atoms with Crippen LogP contribution >= 0.6 is 12.4 Å². The first-order valence-electron chi connectivity index (χ1n) is 5.30. The van der Waals surface area contributed by atoms with Gasteiger partial charge in [0.15, 0.2) is 0 Å². The number of nitrogens with two attached hydrogens (primary N) is 1. The highest BCUT2D eigenvalue weighted by Crippen LogP contribution is 2.15. The summed E-state index contributed by atoms with van der Waals surface area (Å²) in [5.74, 6) is -0.624. The molecular formula is C12H18ClFN2O. The molecule has 1 atom stereocenters. The molecule has 1 amide bonds. The minimum atomic E-state index is -0.417. The Bertz CT molecular complexity index is 383. The fourth-order valence-electron chi connectivity index (χ4n) is 1.31. The Kier molecular flexibility index (Phi) is 6.76. The molecule has 5 heteroatoms. The van der Waals surface area contributed by atoms with E-state index in [1.54, 1.807) is 12.1 Å². The van der Waals surface area contributed by atoms with Gasteiger partial charge in [0.2, 0.25) is 5.91 Å². The van der Waals surface area contributed by atoms with E-state index in [-0.39, 0.29) is 30.0 Å². The Hall–Kier alpha value is -1.13. The Balaban J connectivity index is 0.00000256. The quantitative estimate of drug-likeness (QED) is 0.874. The van der Waals surface area contributed by atoms with Crippen molar-refractivity contribution in [2.75, 3.05) is 5.32 Å². The second kappa shape index (κ2) is 7.25. The summed E-state index contributed by atoms with van der Waals surface area (Å²) in [5, 5.41) is 2.54. The number of aryl methyl sites for hydroxylation is 1. The van der Waals surface area contributed by atoms with Gasteiger partial charge in [0.05, 0.1) is 5.69 Å². The number of anilines is 1. The van der Waals surface area contributed by atoms with Crippen molar-refractivity contribution < 1.29 is 9.18 Å². The van der Waals surface area contributed by atoms with Crippen LogP contribution in [-0.2, 0) is 4.79 Å². The molecule has 1 aromatic carbocycles. The summed E-state index contributed by atoms with van der Waals surface area (Å²) in [6.07, 6.45) is 0.907. The predicted molar refractivity (Wildman–Crippen MR) is 69.9 cm³/mol. The molecule has 1 unspecified atom stereocenters. The number of hydrogen-bond acceptors (Lipinski definition) is 2. The average molecular weight is 261 g/mol. The van der Waals surface area contributed by atoms with Crippen LogP contribution in [0.1, 0.15) is 25.3 Å². The highest BCUT2D eigenvalue weighted by Gasteiger charge is 2.07. The zero-order chi connectivity index (χ0) is 12.1. The van der Waals surface area contributed by atoms with Crippen molar-refractivity contribution in [3.05, 3.63) is 29.6 Å². The summed E-state index contributed by atoms with van der Waals surface area (Å²) >= 11 is 0. The van der Waals surface area contributed by atoms with E-state index >= 15 is 0 Å². The lowest BCUT2D eigenvalue weighted by Crippen LogP contribution is -2.19. The summed E-state index contributed by atoms with van der Waals surface area (Å²) in [6.45, 7) is 3.68. The minimum Gasteiger partial charge on any atom is -0.328 e. The molecule has 96 valence electrons. The number of rotatable bonds is 4. The molecule has 1 rings (SSSR count). The van der Waals surface area contributed by atoms with Crippen LogP contribution in [0, 0.1) is 12.7 Å². The molecule has 1 aromatic rings. The van der Waals surface area contributed by atoms with Gasteiger partial charge in [-0.1, -0.05) is 6.07 Å². The topological polar surface area (TPSA) is 55.1 Å². The fraction of sp³-hybridized carbons (Fsp3) is 0.417. The first-order chi connectivity index (χ1) is 7.49. The van der Waals surface area contributed by atoms with E-state index < -0.39 is 5.82 Å². The molecule has 0 bridgehead atoms. The maximum atomic E-state index is 13.3. The second-order valence-corrected chi connectivity index (χ2v) is 4.05. The molecule has 3 N–H and O–H groups in total. The molecule has 3 nitrogen and oxygen atoms in total. The Morgan fingerprint density at radius 2 is 2.18 bits per heavy atom. The standard InChI is InChI=1S/C12H17FN2O.ClH/c1-8-3-5-10(13)11(7-8)15-12(16)6-4-9(2)14;/h3,5,7,9H,4,6,14H2,1-2H3,(H,15,16);1H. The third-order valence-electron chi connectivity index (χ3n) is 2.22. The van der Waals surface area contributed by atoms with E-state index in [0.717, 1.165) is 5.56 Å². The van der Waals surface area contributed by atoms with Crippen LogP contribution < -0.4 is 11.1 Å². The molecule has 0 aliphatic rings. The van der Waals surface area contributed by atoms with E-state index in [0.29, 0.717) is 12.8 Å². The maximum absolute atomic E-state index is 13.3. The minimum absolute atomic E-state index is 0. The summed E-state index contributed by atoms with van der Waals surface area (Å²) in [7, 11) is 0. The number of carbonyl (C=O) groups is 1. The Morgan fingerprint density at radius 3 is 2.76 bits per heavy atom. The molecule has 0 aromatic heterocycles. The van der Waals surface area contributed by atoms with Gasteiger partial charge in [0.25, 0.3) is 0 Å². The van der Waals surface area contributed by atoms with Crippen LogP contribution in [0.2, 0.25) is 0 Å². The number of nitrogens with one attached hydrogen (secondary N) is 1. The fourth-order valence-corrected chi connectivity index (χ4v) is 1.31. The molecule has 0 fully saturated rings.